The summed E-state index contributed by atoms with van der Waals surface area (Å²) in [5, 5.41) is 0. The molecule has 2 rings (SSSR count). The highest BCUT2D eigenvalue weighted by Gasteiger charge is 2.26. The first-order valence-electron chi connectivity index (χ1n) is 9.90. The Hall–Kier alpha value is -0.940. The summed E-state index contributed by atoms with van der Waals surface area (Å²) in [5.41, 5.74) is 5.01. The Labute approximate surface area is 155 Å². The summed E-state index contributed by atoms with van der Waals surface area (Å²) in [6.45, 7) is 8.43. The van der Waals surface area contributed by atoms with Crippen LogP contribution in [0.15, 0.2) is 0 Å². The van der Waals surface area contributed by atoms with E-state index in [1.807, 2.05) is 27.7 Å². The number of primary amides is 1. The van der Waals surface area contributed by atoms with Crippen LogP contribution >= 0.6 is 0 Å². The topological polar surface area (TPSA) is 78.6 Å². The standard InChI is InChI=1S/C10H19NO3.C8H14O.C2H6.H2/c1-13-8-2-4-9(5-3-8)14-7-6-10(11)12;1-6(2)8(9)7-4-3-5-7;1-2;/h8-9H,2-7H2,1H3,(H2,11,12);6-7H,3-5H2,1-2H3;1-2H3;1H. The second kappa shape index (κ2) is 14.3. The quantitative estimate of drug-likeness (QED) is 0.741. The fraction of sp³-hybridized carbons (Fsp3) is 0.900. The van der Waals surface area contributed by atoms with Gasteiger partial charge in [0.2, 0.25) is 5.91 Å². The molecule has 0 aromatic rings. The molecule has 2 aliphatic rings. The Balaban J connectivity index is 0. The van der Waals surface area contributed by atoms with Crippen LogP contribution in [0, 0.1) is 11.8 Å². The molecule has 0 bridgehead atoms. The molecule has 0 saturated heterocycles. The molecular formula is C20H41NO4. The maximum atomic E-state index is 11.1. The zero-order valence-electron chi connectivity index (χ0n) is 16.9. The zero-order valence-corrected chi connectivity index (χ0v) is 16.9. The number of rotatable bonds is 7. The lowest BCUT2D eigenvalue weighted by atomic mass is 9.79. The average Bonchev–Trinajstić information content (AvgIpc) is 2.56. The largest absolute Gasteiger partial charge is 0.381 e. The lowest BCUT2D eigenvalue weighted by Crippen LogP contribution is -2.26. The third-order valence-corrected chi connectivity index (χ3v) is 4.73. The predicted molar refractivity (Wildman–Crippen MR) is 103 cm³/mol. The Kier molecular flexibility index (Phi) is 13.7. The maximum Gasteiger partial charge on any atom is 0.219 e. The van der Waals surface area contributed by atoms with Crippen LogP contribution in [-0.2, 0) is 19.1 Å². The van der Waals surface area contributed by atoms with Crippen LogP contribution in [0.4, 0.5) is 0 Å². The molecule has 5 heteroatoms. The number of ketones is 1. The van der Waals surface area contributed by atoms with Gasteiger partial charge in [0.1, 0.15) is 5.78 Å². The summed E-state index contributed by atoms with van der Waals surface area (Å²) in [4.78, 5) is 21.6. The van der Waals surface area contributed by atoms with E-state index in [4.69, 9.17) is 15.2 Å². The fourth-order valence-corrected chi connectivity index (χ4v) is 2.92. The molecule has 2 N–H and O–H groups in total. The highest BCUT2D eigenvalue weighted by Crippen LogP contribution is 2.29. The second-order valence-corrected chi connectivity index (χ2v) is 6.91. The predicted octanol–water partition coefficient (Wildman–Crippen LogP) is 4.12. The van der Waals surface area contributed by atoms with Crippen LogP contribution in [0.5, 0.6) is 0 Å². The maximum absolute atomic E-state index is 11.1. The van der Waals surface area contributed by atoms with Gasteiger partial charge in [0, 0.05) is 26.8 Å². The molecule has 2 saturated carbocycles. The van der Waals surface area contributed by atoms with Gasteiger partial charge in [0.15, 0.2) is 0 Å². The smallest absolute Gasteiger partial charge is 0.219 e. The average molecular weight is 360 g/mol. The van der Waals surface area contributed by atoms with Crippen LogP contribution in [-0.4, -0.2) is 37.6 Å². The van der Waals surface area contributed by atoms with Gasteiger partial charge < -0.3 is 15.2 Å². The van der Waals surface area contributed by atoms with Crippen molar-refractivity contribution in [1.29, 1.82) is 0 Å². The summed E-state index contributed by atoms with van der Waals surface area (Å²) < 4.78 is 10.8. The number of hydrogen-bond acceptors (Lipinski definition) is 4. The summed E-state index contributed by atoms with van der Waals surface area (Å²) in [5.74, 6) is 0.872. The number of nitrogens with two attached hydrogens (primary N) is 1. The van der Waals surface area contributed by atoms with E-state index >= 15 is 0 Å². The van der Waals surface area contributed by atoms with Crippen LogP contribution in [0.25, 0.3) is 0 Å². The van der Waals surface area contributed by atoms with Gasteiger partial charge in [-0.15, -0.1) is 0 Å². The van der Waals surface area contributed by atoms with Crippen molar-refractivity contribution in [2.75, 3.05) is 13.7 Å². The highest BCUT2D eigenvalue weighted by molar-refractivity contribution is 5.83. The minimum atomic E-state index is -0.296. The minimum absolute atomic E-state index is 0. The first-order chi connectivity index (χ1) is 11.9. The number of hydrogen-bond donors (Lipinski definition) is 1. The summed E-state index contributed by atoms with van der Waals surface area (Å²) in [7, 11) is 1.75. The highest BCUT2D eigenvalue weighted by atomic mass is 16.5. The van der Waals surface area contributed by atoms with Gasteiger partial charge in [0.25, 0.3) is 0 Å². The molecule has 0 aromatic carbocycles. The monoisotopic (exact) mass is 359 g/mol. The number of ether oxygens (including phenoxy) is 2. The van der Waals surface area contributed by atoms with Gasteiger partial charge in [0.05, 0.1) is 18.8 Å². The Morgan fingerprint density at radius 1 is 1.04 bits per heavy atom. The van der Waals surface area contributed by atoms with Gasteiger partial charge in [-0.3, -0.25) is 9.59 Å². The Morgan fingerprint density at radius 3 is 1.88 bits per heavy atom. The number of amides is 1. The third-order valence-electron chi connectivity index (χ3n) is 4.73. The van der Waals surface area contributed by atoms with Crippen LogP contribution in [0.2, 0.25) is 0 Å². The van der Waals surface area contributed by atoms with Crippen molar-refractivity contribution in [3.63, 3.8) is 0 Å². The SMILES string of the molecule is CC.CC(C)C(=O)C1CCC1.COC1CCC(OCCC(N)=O)CC1.[HH]. The van der Waals surface area contributed by atoms with Crippen molar-refractivity contribution in [2.24, 2.45) is 17.6 Å². The first kappa shape index (κ1) is 24.1. The minimum Gasteiger partial charge on any atom is -0.381 e. The van der Waals surface area contributed by atoms with E-state index in [9.17, 15) is 9.59 Å². The number of carbonyl (C=O) groups is 2. The van der Waals surface area contributed by atoms with Gasteiger partial charge in [-0.2, -0.15) is 0 Å². The van der Waals surface area contributed by atoms with E-state index in [2.05, 4.69) is 0 Å². The van der Waals surface area contributed by atoms with Crippen molar-refractivity contribution in [2.45, 2.75) is 91.3 Å². The number of methoxy groups -OCH3 is 1. The van der Waals surface area contributed by atoms with Gasteiger partial charge in [-0.1, -0.05) is 34.1 Å². The summed E-state index contributed by atoms with van der Waals surface area (Å²) in [6, 6.07) is 0. The van der Waals surface area contributed by atoms with Crippen molar-refractivity contribution in [3.8, 4) is 0 Å². The van der Waals surface area contributed by atoms with Gasteiger partial charge >= 0.3 is 0 Å². The molecule has 0 spiro atoms. The number of Topliss-reactive ketones (excluding diaryl/α,β-unsaturated/α-hetero) is 1. The lowest BCUT2D eigenvalue weighted by molar-refractivity contribution is -0.128. The van der Waals surface area contributed by atoms with Crippen LogP contribution in [0.1, 0.15) is 80.5 Å². The molecule has 0 unspecified atom stereocenters. The number of carbonyl (C=O) groups excluding carboxylic acids is 2. The molecule has 0 heterocycles. The van der Waals surface area contributed by atoms with E-state index in [0.29, 0.717) is 36.9 Å². The lowest BCUT2D eigenvalue weighted by Gasteiger charge is -2.27. The van der Waals surface area contributed by atoms with Gasteiger partial charge in [-0.05, 0) is 38.5 Å². The van der Waals surface area contributed by atoms with Crippen molar-refractivity contribution in [3.05, 3.63) is 0 Å². The van der Waals surface area contributed by atoms with Crippen molar-refractivity contribution >= 4 is 11.7 Å². The zero-order chi connectivity index (χ0) is 19.2. The van der Waals surface area contributed by atoms with Crippen LogP contribution < -0.4 is 5.73 Å². The van der Waals surface area contributed by atoms with E-state index in [1.165, 1.54) is 6.42 Å². The third kappa shape index (κ3) is 10.6. The molecule has 150 valence electrons. The molecule has 5 nitrogen and oxygen atoms in total. The molecule has 2 aliphatic carbocycles. The molecule has 2 fully saturated rings. The normalized spacial score (nSPS) is 22.8. The molecular weight excluding hydrogens is 318 g/mol. The van der Waals surface area contributed by atoms with E-state index < -0.39 is 0 Å². The Morgan fingerprint density at radius 2 is 1.56 bits per heavy atom. The van der Waals surface area contributed by atoms with Gasteiger partial charge in [-0.25, -0.2) is 0 Å². The second-order valence-electron chi connectivity index (χ2n) is 6.91. The van der Waals surface area contributed by atoms with E-state index in [0.717, 1.165) is 38.5 Å². The molecule has 0 radical (unpaired) electrons. The van der Waals surface area contributed by atoms with Crippen LogP contribution in [0.3, 0.4) is 0 Å². The molecule has 0 atom stereocenters. The fourth-order valence-electron chi connectivity index (χ4n) is 2.92. The van der Waals surface area contributed by atoms with E-state index in [1.54, 1.807) is 7.11 Å². The Bertz CT molecular complexity index is 365. The molecule has 1 amide bonds. The molecule has 0 aliphatic heterocycles. The molecule has 0 aromatic heterocycles. The molecule has 25 heavy (non-hydrogen) atoms. The van der Waals surface area contributed by atoms with Crippen molar-refractivity contribution in [1.82, 2.24) is 0 Å². The summed E-state index contributed by atoms with van der Waals surface area (Å²) in [6.07, 6.45) is 8.73. The first-order valence-corrected chi connectivity index (χ1v) is 9.90. The van der Waals surface area contributed by atoms with Crippen molar-refractivity contribution < 1.29 is 20.5 Å². The van der Waals surface area contributed by atoms with E-state index in [-0.39, 0.29) is 13.3 Å². The summed E-state index contributed by atoms with van der Waals surface area (Å²) >= 11 is 0.